The quantitative estimate of drug-likeness (QED) is 0.596. The highest BCUT2D eigenvalue weighted by Gasteiger charge is 2.14. The van der Waals surface area contributed by atoms with Crippen molar-refractivity contribution in [2.75, 3.05) is 40.9 Å². The van der Waals surface area contributed by atoms with E-state index < -0.39 is 0 Å². The molecule has 0 radical (unpaired) electrons. The van der Waals surface area contributed by atoms with Gasteiger partial charge in [0.25, 0.3) is 0 Å². The molecule has 0 aliphatic carbocycles. The summed E-state index contributed by atoms with van der Waals surface area (Å²) < 4.78 is 5.02. The predicted molar refractivity (Wildman–Crippen MR) is 96.2 cm³/mol. The number of halogens is 2. The molecule has 0 saturated heterocycles. The topological polar surface area (TPSA) is 32.8 Å². The number of hydrogen-bond donors (Lipinski definition) is 0. The molecular formula is C17H26Cl2N2O2. The largest absolute Gasteiger partial charge is 0.385 e. The molecule has 1 rings (SSSR count). The van der Waals surface area contributed by atoms with E-state index in [1.807, 2.05) is 31.1 Å². The van der Waals surface area contributed by atoms with E-state index >= 15 is 0 Å². The highest BCUT2D eigenvalue weighted by molar-refractivity contribution is 6.42. The molecule has 0 aromatic heterocycles. The maximum absolute atomic E-state index is 12.4. The first-order valence-electron chi connectivity index (χ1n) is 7.79. The molecule has 1 aromatic rings. The summed E-state index contributed by atoms with van der Waals surface area (Å²) in [5, 5.41) is 1.05. The summed E-state index contributed by atoms with van der Waals surface area (Å²) in [7, 11) is 5.71. The fourth-order valence-corrected chi connectivity index (χ4v) is 2.57. The Morgan fingerprint density at radius 3 is 2.48 bits per heavy atom. The molecule has 0 atom stereocenters. The number of benzene rings is 1. The number of carbonyl (C=O) groups is 1. The van der Waals surface area contributed by atoms with Gasteiger partial charge in [-0.25, -0.2) is 0 Å². The van der Waals surface area contributed by atoms with Crippen LogP contribution in [-0.4, -0.2) is 56.6 Å². The van der Waals surface area contributed by atoms with Gasteiger partial charge in [0, 0.05) is 33.2 Å². The van der Waals surface area contributed by atoms with Crippen LogP contribution in [0.3, 0.4) is 0 Å². The van der Waals surface area contributed by atoms with Crippen molar-refractivity contribution in [3.05, 3.63) is 33.8 Å². The lowest BCUT2D eigenvalue weighted by Crippen LogP contribution is -2.33. The molecule has 0 saturated carbocycles. The molecule has 130 valence electrons. The predicted octanol–water partition coefficient (Wildman–Crippen LogP) is 3.70. The maximum atomic E-state index is 12.4. The van der Waals surface area contributed by atoms with E-state index in [-0.39, 0.29) is 5.91 Å². The Balaban J connectivity index is 2.68. The van der Waals surface area contributed by atoms with Gasteiger partial charge in [-0.1, -0.05) is 29.3 Å². The molecule has 1 amide bonds. The second kappa shape index (κ2) is 10.9. The molecule has 0 aliphatic rings. The van der Waals surface area contributed by atoms with Crippen LogP contribution in [0.25, 0.3) is 0 Å². The normalized spacial score (nSPS) is 11.0. The van der Waals surface area contributed by atoms with E-state index in [4.69, 9.17) is 27.9 Å². The summed E-state index contributed by atoms with van der Waals surface area (Å²) in [5.41, 5.74) is 0.990. The van der Waals surface area contributed by atoms with Gasteiger partial charge in [-0.2, -0.15) is 0 Å². The van der Waals surface area contributed by atoms with E-state index in [1.165, 1.54) is 0 Å². The number of carbonyl (C=O) groups excluding carboxylic acids is 1. The average Bonchev–Trinajstić information content (AvgIpc) is 2.49. The van der Waals surface area contributed by atoms with Crippen LogP contribution in [-0.2, 0) is 16.1 Å². The lowest BCUT2D eigenvalue weighted by Gasteiger charge is -2.24. The zero-order valence-electron chi connectivity index (χ0n) is 14.1. The van der Waals surface area contributed by atoms with Gasteiger partial charge in [0.1, 0.15) is 0 Å². The van der Waals surface area contributed by atoms with Gasteiger partial charge in [0.05, 0.1) is 10.0 Å². The zero-order valence-corrected chi connectivity index (χ0v) is 15.7. The third kappa shape index (κ3) is 8.02. The average molecular weight is 361 g/mol. The zero-order chi connectivity index (χ0) is 17.2. The first kappa shape index (κ1) is 20.2. The molecule has 0 fully saturated rings. The van der Waals surface area contributed by atoms with E-state index in [0.717, 1.165) is 31.5 Å². The Morgan fingerprint density at radius 2 is 1.87 bits per heavy atom. The Kier molecular flexibility index (Phi) is 9.56. The summed E-state index contributed by atoms with van der Waals surface area (Å²) in [5.74, 6) is 0.145. The van der Waals surface area contributed by atoms with Gasteiger partial charge in [-0.15, -0.1) is 0 Å². The van der Waals surface area contributed by atoms with Crippen LogP contribution < -0.4 is 0 Å². The number of rotatable bonds is 10. The molecule has 1 aromatic carbocycles. The minimum absolute atomic E-state index is 0.145. The summed E-state index contributed by atoms with van der Waals surface area (Å²) in [6.45, 7) is 2.83. The van der Waals surface area contributed by atoms with Gasteiger partial charge < -0.3 is 14.5 Å². The van der Waals surface area contributed by atoms with Crippen molar-refractivity contribution in [2.45, 2.75) is 25.8 Å². The van der Waals surface area contributed by atoms with Crippen molar-refractivity contribution in [2.24, 2.45) is 0 Å². The van der Waals surface area contributed by atoms with Gasteiger partial charge >= 0.3 is 0 Å². The minimum Gasteiger partial charge on any atom is -0.385 e. The monoisotopic (exact) mass is 360 g/mol. The smallest absolute Gasteiger partial charge is 0.222 e. The van der Waals surface area contributed by atoms with Crippen molar-refractivity contribution in [1.82, 2.24) is 9.80 Å². The highest BCUT2D eigenvalue weighted by atomic mass is 35.5. The first-order chi connectivity index (χ1) is 10.9. The summed E-state index contributed by atoms with van der Waals surface area (Å²) in [4.78, 5) is 16.5. The standard InChI is InChI=1S/C17H26Cl2N2O2/c1-20(2)9-5-10-21(17(22)6-4-11-23-3)13-14-7-8-15(18)16(19)12-14/h7-8,12H,4-6,9-11,13H2,1-3H3. The maximum Gasteiger partial charge on any atom is 0.222 e. The van der Waals surface area contributed by atoms with Gasteiger partial charge in [0.15, 0.2) is 0 Å². The number of nitrogens with zero attached hydrogens (tertiary/aromatic N) is 2. The van der Waals surface area contributed by atoms with Crippen LogP contribution >= 0.6 is 23.2 Å². The number of amides is 1. The SMILES string of the molecule is COCCCC(=O)N(CCCN(C)C)Cc1ccc(Cl)c(Cl)c1. The van der Waals surface area contributed by atoms with E-state index in [0.29, 0.717) is 29.6 Å². The van der Waals surface area contributed by atoms with Gasteiger partial charge in [0.2, 0.25) is 5.91 Å². The Labute approximate surface area is 149 Å². The van der Waals surface area contributed by atoms with Crippen LogP contribution in [0.15, 0.2) is 18.2 Å². The highest BCUT2D eigenvalue weighted by Crippen LogP contribution is 2.23. The van der Waals surface area contributed by atoms with Crippen molar-refractivity contribution in [1.29, 1.82) is 0 Å². The van der Waals surface area contributed by atoms with Crippen LogP contribution in [0.1, 0.15) is 24.8 Å². The molecule has 0 heterocycles. The second-order valence-corrected chi connectivity index (χ2v) is 6.63. The lowest BCUT2D eigenvalue weighted by molar-refractivity contribution is -0.132. The van der Waals surface area contributed by atoms with Crippen molar-refractivity contribution >= 4 is 29.1 Å². The number of methoxy groups -OCH3 is 1. The van der Waals surface area contributed by atoms with Crippen LogP contribution in [0.2, 0.25) is 10.0 Å². The fraction of sp³-hybridized carbons (Fsp3) is 0.588. The Bertz CT molecular complexity index is 495. The molecule has 0 unspecified atom stereocenters. The number of ether oxygens (including phenoxy) is 1. The molecular weight excluding hydrogens is 335 g/mol. The lowest BCUT2D eigenvalue weighted by atomic mass is 10.2. The molecule has 23 heavy (non-hydrogen) atoms. The molecule has 0 aliphatic heterocycles. The molecule has 0 N–H and O–H groups in total. The Hall–Kier alpha value is -0.810. The molecule has 6 heteroatoms. The van der Waals surface area contributed by atoms with Crippen molar-refractivity contribution < 1.29 is 9.53 Å². The minimum atomic E-state index is 0.145. The van der Waals surface area contributed by atoms with Crippen molar-refractivity contribution in [3.63, 3.8) is 0 Å². The second-order valence-electron chi connectivity index (χ2n) is 5.82. The number of hydrogen-bond acceptors (Lipinski definition) is 3. The van der Waals surface area contributed by atoms with Crippen LogP contribution in [0.4, 0.5) is 0 Å². The van der Waals surface area contributed by atoms with Crippen LogP contribution in [0.5, 0.6) is 0 Å². The molecule has 4 nitrogen and oxygen atoms in total. The van der Waals surface area contributed by atoms with Crippen LogP contribution in [0, 0.1) is 0 Å². The van der Waals surface area contributed by atoms with E-state index in [2.05, 4.69) is 4.90 Å². The molecule has 0 bridgehead atoms. The Morgan fingerprint density at radius 1 is 1.13 bits per heavy atom. The third-order valence-electron chi connectivity index (χ3n) is 3.48. The summed E-state index contributed by atoms with van der Waals surface area (Å²) >= 11 is 12.0. The van der Waals surface area contributed by atoms with E-state index in [9.17, 15) is 4.79 Å². The van der Waals surface area contributed by atoms with E-state index in [1.54, 1.807) is 13.2 Å². The third-order valence-corrected chi connectivity index (χ3v) is 4.22. The molecule has 0 spiro atoms. The first-order valence-corrected chi connectivity index (χ1v) is 8.55. The van der Waals surface area contributed by atoms with Gasteiger partial charge in [-0.3, -0.25) is 4.79 Å². The van der Waals surface area contributed by atoms with Crippen molar-refractivity contribution in [3.8, 4) is 0 Å². The fourth-order valence-electron chi connectivity index (χ4n) is 2.25. The van der Waals surface area contributed by atoms with Gasteiger partial charge in [-0.05, 0) is 51.2 Å². The summed E-state index contributed by atoms with van der Waals surface area (Å²) in [6.07, 6.45) is 2.17. The summed E-state index contributed by atoms with van der Waals surface area (Å²) in [6, 6.07) is 5.51.